The molecule has 1 aliphatic heterocycles. The van der Waals surface area contributed by atoms with Crippen molar-refractivity contribution in [2.75, 3.05) is 30.8 Å². The van der Waals surface area contributed by atoms with Crippen molar-refractivity contribution in [3.05, 3.63) is 83.7 Å². The summed E-state index contributed by atoms with van der Waals surface area (Å²) < 4.78 is 0. The van der Waals surface area contributed by atoms with E-state index in [-0.39, 0.29) is 5.54 Å². The Morgan fingerprint density at radius 1 is 1.30 bits per heavy atom. The third-order valence-corrected chi connectivity index (χ3v) is 6.02. The first-order valence-corrected chi connectivity index (χ1v) is 10.5. The average Bonchev–Trinajstić information content (AvgIpc) is 2.74. The third-order valence-electron chi connectivity index (χ3n) is 5.80. The van der Waals surface area contributed by atoms with E-state index < -0.39 is 0 Å². The fraction of sp³-hybridized carbons (Fsp3) is 0.292. The van der Waals surface area contributed by atoms with Crippen molar-refractivity contribution in [2.24, 2.45) is 0 Å². The van der Waals surface area contributed by atoms with E-state index >= 15 is 0 Å². The van der Waals surface area contributed by atoms with Crippen LogP contribution in [0.4, 0.5) is 11.4 Å². The highest BCUT2D eigenvalue weighted by Gasteiger charge is 2.33. The van der Waals surface area contributed by atoms with Crippen LogP contribution in [0.3, 0.4) is 0 Å². The zero-order valence-corrected chi connectivity index (χ0v) is 18.3. The summed E-state index contributed by atoms with van der Waals surface area (Å²) in [4.78, 5) is 4.36. The van der Waals surface area contributed by atoms with E-state index in [2.05, 4.69) is 40.4 Å². The first-order chi connectivity index (χ1) is 14.4. The average molecular weight is 424 g/mol. The SMILES string of the molecule is C=CC1(NC(=C)N(C)Cc2ccccc2)CCN(c2cc(Cl)cc(N)c2C=N)CC1. The van der Waals surface area contributed by atoms with Gasteiger partial charge in [0.05, 0.1) is 11.4 Å². The summed E-state index contributed by atoms with van der Waals surface area (Å²) in [5, 5.41) is 11.9. The second kappa shape index (κ2) is 9.26. The van der Waals surface area contributed by atoms with Crippen LogP contribution in [0.5, 0.6) is 0 Å². The van der Waals surface area contributed by atoms with Crippen LogP contribution in [-0.2, 0) is 6.54 Å². The Labute approximate surface area is 184 Å². The number of hydrogen-bond donors (Lipinski definition) is 3. The summed E-state index contributed by atoms with van der Waals surface area (Å²) in [5.74, 6) is 0.874. The zero-order valence-electron chi connectivity index (χ0n) is 17.5. The van der Waals surface area contributed by atoms with Crippen molar-refractivity contribution in [3.8, 4) is 0 Å². The van der Waals surface area contributed by atoms with Crippen molar-refractivity contribution in [3.63, 3.8) is 0 Å². The van der Waals surface area contributed by atoms with Gasteiger partial charge in [-0.15, -0.1) is 6.58 Å². The smallest absolute Gasteiger partial charge is 0.0945 e. The van der Waals surface area contributed by atoms with Crippen LogP contribution < -0.4 is 16.0 Å². The number of hydrogen-bond acceptors (Lipinski definition) is 5. The molecule has 4 N–H and O–H groups in total. The second-order valence-electron chi connectivity index (χ2n) is 7.83. The Hall–Kier alpha value is -2.92. The molecule has 3 rings (SSSR count). The lowest BCUT2D eigenvalue weighted by atomic mass is 9.87. The van der Waals surface area contributed by atoms with Gasteiger partial charge in [0.15, 0.2) is 0 Å². The van der Waals surface area contributed by atoms with Gasteiger partial charge < -0.3 is 26.3 Å². The molecule has 0 radical (unpaired) electrons. The van der Waals surface area contributed by atoms with Gasteiger partial charge in [-0.1, -0.05) is 54.6 Å². The van der Waals surface area contributed by atoms with Crippen LogP contribution >= 0.6 is 11.6 Å². The number of halogens is 1. The first-order valence-electron chi connectivity index (χ1n) is 10.1. The lowest BCUT2D eigenvalue weighted by Crippen LogP contribution is -2.53. The van der Waals surface area contributed by atoms with Crippen molar-refractivity contribution >= 4 is 29.2 Å². The standard InChI is InChI=1S/C24H30ClN5/c1-4-24(28-18(2)29(3)17-19-8-6-5-7-9-19)10-12-30(13-11-24)23-15-20(25)14-22(27)21(23)16-26/h4-9,14-16,26,28H,1-2,10-13,17,27H2,3H3. The maximum absolute atomic E-state index is 7.74. The van der Waals surface area contributed by atoms with E-state index in [0.717, 1.165) is 44.0 Å². The maximum atomic E-state index is 7.74. The van der Waals surface area contributed by atoms with Gasteiger partial charge in [0, 0.05) is 54.9 Å². The van der Waals surface area contributed by atoms with E-state index in [9.17, 15) is 0 Å². The van der Waals surface area contributed by atoms with Crippen LogP contribution in [0, 0.1) is 5.41 Å². The molecule has 0 amide bonds. The normalized spacial score (nSPS) is 15.3. The molecule has 0 aliphatic carbocycles. The maximum Gasteiger partial charge on any atom is 0.0945 e. The van der Waals surface area contributed by atoms with Crippen molar-refractivity contribution < 1.29 is 0 Å². The van der Waals surface area contributed by atoms with E-state index in [0.29, 0.717) is 16.3 Å². The van der Waals surface area contributed by atoms with E-state index in [4.69, 9.17) is 22.7 Å². The van der Waals surface area contributed by atoms with Crippen molar-refractivity contribution in [1.29, 1.82) is 5.41 Å². The molecular weight excluding hydrogens is 394 g/mol. The Bertz CT molecular complexity index is 917. The van der Waals surface area contributed by atoms with Gasteiger partial charge in [0.2, 0.25) is 0 Å². The number of piperidine rings is 1. The first kappa shape index (κ1) is 21.8. The molecule has 0 bridgehead atoms. The highest BCUT2D eigenvalue weighted by Crippen LogP contribution is 2.33. The number of rotatable bonds is 8. The number of anilines is 2. The minimum atomic E-state index is -0.229. The van der Waals surface area contributed by atoms with Crippen LogP contribution in [0.2, 0.25) is 5.02 Å². The fourth-order valence-corrected chi connectivity index (χ4v) is 4.13. The summed E-state index contributed by atoms with van der Waals surface area (Å²) in [6, 6.07) is 13.9. The Balaban J connectivity index is 1.67. The molecule has 0 saturated carbocycles. The quantitative estimate of drug-likeness (QED) is 0.328. The molecule has 5 nitrogen and oxygen atoms in total. The molecule has 2 aromatic carbocycles. The molecule has 1 saturated heterocycles. The van der Waals surface area contributed by atoms with Crippen molar-refractivity contribution in [2.45, 2.75) is 24.9 Å². The summed E-state index contributed by atoms with van der Waals surface area (Å²) in [7, 11) is 2.04. The molecule has 0 unspecified atom stereocenters. The second-order valence-corrected chi connectivity index (χ2v) is 8.27. The molecule has 1 heterocycles. The molecule has 0 spiro atoms. The molecule has 1 fully saturated rings. The van der Waals surface area contributed by atoms with Crippen LogP contribution in [0.15, 0.2) is 67.5 Å². The number of nitrogens with two attached hydrogens (primary N) is 1. The van der Waals surface area contributed by atoms with Gasteiger partial charge in [-0.05, 0) is 30.5 Å². The lowest BCUT2D eigenvalue weighted by molar-refractivity contribution is 0.289. The molecule has 6 heteroatoms. The lowest BCUT2D eigenvalue weighted by Gasteiger charge is -2.44. The number of nitrogens with zero attached hydrogens (tertiary/aromatic N) is 2. The number of benzene rings is 2. The summed E-state index contributed by atoms with van der Waals surface area (Å²) >= 11 is 6.22. The highest BCUT2D eigenvalue weighted by molar-refractivity contribution is 6.31. The number of nitrogen functional groups attached to an aromatic ring is 1. The molecule has 30 heavy (non-hydrogen) atoms. The summed E-state index contributed by atoms with van der Waals surface area (Å²) in [6.45, 7) is 10.7. The molecule has 0 atom stereocenters. The topological polar surface area (TPSA) is 68.4 Å². The molecular formula is C24H30ClN5. The minimum Gasteiger partial charge on any atom is -0.398 e. The molecule has 1 aliphatic rings. The van der Waals surface area contributed by atoms with Crippen LogP contribution in [0.1, 0.15) is 24.0 Å². The Morgan fingerprint density at radius 2 is 1.97 bits per heavy atom. The monoisotopic (exact) mass is 423 g/mol. The summed E-state index contributed by atoms with van der Waals surface area (Å²) in [6.07, 6.45) is 5.02. The summed E-state index contributed by atoms with van der Waals surface area (Å²) in [5.41, 5.74) is 9.24. The fourth-order valence-electron chi connectivity index (χ4n) is 3.91. The van der Waals surface area contributed by atoms with Gasteiger partial charge >= 0.3 is 0 Å². The van der Waals surface area contributed by atoms with E-state index in [1.54, 1.807) is 6.07 Å². The predicted molar refractivity (Wildman–Crippen MR) is 128 cm³/mol. The molecule has 0 aromatic heterocycles. The van der Waals surface area contributed by atoms with Crippen LogP contribution in [-0.4, -0.2) is 36.8 Å². The molecule has 2 aromatic rings. The van der Waals surface area contributed by atoms with Crippen molar-refractivity contribution in [1.82, 2.24) is 10.2 Å². The largest absolute Gasteiger partial charge is 0.398 e. The number of nitrogens with one attached hydrogen (secondary N) is 2. The third kappa shape index (κ3) is 4.79. The highest BCUT2D eigenvalue weighted by atomic mass is 35.5. The van der Waals surface area contributed by atoms with E-state index in [1.165, 1.54) is 11.8 Å². The Morgan fingerprint density at radius 3 is 2.57 bits per heavy atom. The van der Waals surface area contributed by atoms with E-state index in [1.807, 2.05) is 37.4 Å². The zero-order chi connectivity index (χ0) is 21.7. The van der Waals surface area contributed by atoms with Gasteiger partial charge in [-0.25, -0.2) is 0 Å². The van der Waals surface area contributed by atoms with Gasteiger partial charge in [0.1, 0.15) is 0 Å². The predicted octanol–water partition coefficient (Wildman–Crippen LogP) is 4.64. The minimum absolute atomic E-state index is 0.229. The van der Waals surface area contributed by atoms with Crippen LogP contribution in [0.25, 0.3) is 0 Å². The Kier molecular flexibility index (Phi) is 6.73. The molecule has 158 valence electrons. The van der Waals surface area contributed by atoms with Gasteiger partial charge in [-0.2, -0.15) is 0 Å². The van der Waals surface area contributed by atoms with Gasteiger partial charge in [0.25, 0.3) is 0 Å². The van der Waals surface area contributed by atoms with Gasteiger partial charge in [-0.3, -0.25) is 0 Å².